The average molecular weight is 639 g/mol. The number of hydrogen-bond donors (Lipinski definition) is 3. The van der Waals surface area contributed by atoms with E-state index in [1.807, 2.05) is 30.3 Å². The summed E-state index contributed by atoms with van der Waals surface area (Å²) < 4.78 is 47.3. The summed E-state index contributed by atoms with van der Waals surface area (Å²) in [7, 11) is -3.97. The number of carbonyl (C=O) groups excluding carboxylic acids is 3. The van der Waals surface area contributed by atoms with Gasteiger partial charge in [0.2, 0.25) is 11.8 Å². The normalized spacial score (nSPS) is 13.7. The topological polar surface area (TPSA) is 144 Å². The molecule has 0 aliphatic heterocycles. The molecule has 5 rings (SSSR count). The van der Waals surface area contributed by atoms with E-state index >= 15 is 4.39 Å². The van der Waals surface area contributed by atoms with Crippen LogP contribution in [0.5, 0.6) is 0 Å². The van der Waals surface area contributed by atoms with Crippen LogP contribution < -0.4 is 16.0 Å². The van der Waals surface area contributed by atoms with E-state index in [1.54, 1.807) is 37.3 Å². The largest absolute Gasteiger partial charge is 0.444 e. The Bertz CT molecular complexity index is 1770. The summed E-state index contributed by atoms with van der Waals surface area (Å²) in [6.07, 6.45) is 1.41. The van der Waals surface area contributed by atoms with Gasteiger partial charge in [0.25, 0.3) is 0 Å². The molecule has 4 aromatic rings. The highest BCUT2D eigenvalue weighted by atomic mass is 32.2. The molecule has 10 nitrogen and oxygen atoms in total. The number of nitrogens with zero attached hydrogens (tertiary/aromatic N) is 1. The van der Waals surface area contributed by atoms with Crippen LogP contribution in [0.25, 0.3) is 21.3 Å². The number of thiazole rings is 1. The molecule has 1 fully saturated rings. The van der Waals surface area contributed by atoms with Gasteiger partial charge in [0, 0.05) is 23.4 Å². The Kier molecular flexibility index (Phi) is 9.55. The molecular weight excluding hydrogens is 607 g/mol. The lowest BCUT2D eigenvalue weighted by Crippen LogP contribution is -2.41. The number of amides is 3. The molecule has 1 aliphatic rings. The first kappa shape index (κ1) is 31.1. The van der Waals surface area contributed by atoms with Crippen LogP contribution in [0.15, 0.2) is 66.7 Å². The van der Waals surface area contributed by atoms with E-state index in [9.17, 15) is 22.8 Å². The Hall–Kier alpha value is -4.36. The molecule has 0 spiro atoms. The highest BCUT2D eigenvalue weighted by molar-refractivity contribution is 7.92. The highest BCUT2D eigenvalue weighted by Gasteiger charge is 2.37. The number of rotatable bonds is 12. The smallest absolute Gasteiger partial charge is 0.411 e. The monoisotopic (exact) mass is 638 g/mol. The molecule has 13 heteroatoms. The number of fused-ring (bicyclic) bond motifs is 1. The fourth-order valence-electron chi connectivity index (χ4n) is 4.51. The molecule has 0 radical (unpaired) electrons. The van der Waals surface area contributed by atoms with Crippen molar-refractivity contribution in [3.8, 4) is 11.1 Å². The van der Waals surface area contributed by atoms with Crippen molar-refractivity contribution < 1.29 is 31.9 Å². The number of ether oxygens (including phenoxy) is 1. The Morgan fingerprint density at radius 2 is 1.80 bits per heavy atom. The van der Waals surface area contributed by atoms with Crippen molar-refractivity contribution >= 4 is 55.0 Å². The molecule has 1 heterocycles. The molecule has 1 aromatic heterocycles. The van der Waals surface area contributed by atoms with Gasteiger partial charge in [0.05, 0.1) is 22.5 Å². The maximum atomic E-state index is 15.3. The number of nitrogens with one attached hydrogen (secondary N) is 3. The van der Waals surface area contributed by atoms with E-state index < -0.39 is 38.8 Å². The minimum Gasteiger partial charge on any atom is -0.444 e. The van der Waals surface area contributed by atoms with Gasteiger partial charge < -0.3 is 15.4 Å². The molecular formula is C31H31FN4O6S2. The van der Waals surface area contributed by atoms with Crippen molar-refractivity contribution in [2.45, 2.75) is 44.1 Å². The molecule has 3 N–H and O–H groups in total. The Balaban J connectivity index is 1.32. The minimum atomic E-state index is -3.97. The number of benzene rings is 3. The molecule has 1 unspecified atom stereocenters. The van der Waals surface area contributed by atoms with E-state index in [-0.39, 0.29) is 47.5 Å². The van der Waals surface area contributed by atoms with Gasteiger partial charge in [-0.15, -0.1) is 11.3 Å². The van der Waals surface area contributed by atoms with Gasteiger partial charge in [-0.2, -0.15) is 0 Å². The van der Waals surface area contributed by atoms with Gasteiger partial charge in [-0.1, -0.05) is 49.4 Å². The Morgan fingerprint density at radius 1 is 1.07 bits per heavy atom. The fourth-order valence-corrected chi connectivity index (χ4v) is 7.64. The third kappa shape index (κ3) is 7.77. The van der Waals surface area contributed by atoms with Gasteiger partial charge >= 0.3 is 6.09 Å². The molecule has 0 saturated heterocycles. The summed E-state index contributed by atoms with van der Waals surface area (Å²) in [5, 5.41) is 6.17. The van der Waals surface area contributed by atoms with E-state index in [0.29, 0.717) is 16.0 Å². The summed E-state index contributed by atoms with van der Waals surface area (Å²) in [5.74, 6) is -2.09. The predicted octanol–water partition coefficient (Wildman–Crippen LogP) is 5.11. The number of carbonyl (C=O) groups is 3. The number of aromatic nitrogens is 1. The van der Waals surface area contributed by atoms with Crippen LogP contribution in [0.3, 0.4) is 0 Å². The highest BCUT2D eigenvalue weighted by Crippen LogP contribution is 2.36. The van der Waals surface area contributed by atoms with Crippen molar-refractivity contribution in [2.75, 3.05) is 17.6 Å². The van der Waals surface area contributed by atoms with Gasteiger partial charge in [-0.3, -0.25) is 14.9 Å². The Labute approximate surface area is 257 Å². The summed E-state index contributed by atoms with van der Waals surface area (Å²) in [6.45, 7) is 1.45. The van der Waals surface area contributed by atoms with Gasteiger partial charge in [-0.05, 0) is 48.6 Å². The summed E-state index contributed by atoms with van der Waals surface area (Å²) in [6, 6.07) is 18.6. The van der Waals surface area contributed by atoms with Crippen molar-refractivity contribution in [1.82, 2.24) is 15.6 Å². The minimum absolute atomic E-state index is 0.00124. The van der Waals surface area contributed by atoms with Crippen molar-refractivity contribution in [2.24, 2.45) is 0 Å². The van der Waals surface area contributed by atoms with Crippen molar-refractivity contribution in [3.63, 3.8) is 0 Å². The van der Waals surface area contributed by atoms with E-state index in [4.69, 9.17) is 4.74 Å². The third-order valence-electron chi connectivity index (χ3n) is 6.82. The number of anilines is 1. The lowest BCUT2D eigenvalue weighted by atomic mass is 10.0. The molecule has 3 aromatic carbocycles. The molecule has 230 valence electrons. The maximum Gasteiger partial charge on any atom is 0.411 e. The quantitative estimate of drug-likeness (QED) is 0.196. The maximum absolute atomic E-state index is 15.3. The van der Waals surface area contributed by atoms with Crippen LogP contribution >= 0.6 is 11.3 Å². The number of hydrogen-bond acceptors (Lipinski definition) is 8. The van der Waals surface area contributed by atoms with Crippen LogP contribution in [0, 0.1) is 5.82 Å². The van der Waals surface area contributed by atoms with Crippen LogP contribution in [0.4, 0.5) is 14.9 Å². The standard InChI is InChI=1S/C31H31FN4O6S2/c1-2-14-44(40,41)28(29(38)33-17-27(37)34-21-12-13-21)30-36-25-16-24(32)23(15-26(25)43-30)20-8-10-22(11-9-20)35-31(39)42-18-19-6-4-3-5-7-19/h3-11,15-16,21,28H,2,12-14,17-18H2,1H3,(H,33,38)(H,34,37)(H,35,39). The van der Waals surface area contributed by atoms with Crippen LogP contribution in [-0.2, 0) is 30.8 Å². The van der Waals surface area contributed by atoms with Crippen LogP contribution in [-0.4, -0.2) is 49.6 Å². The van der Waals surface area contributed by atoms with E-state index in [0.717, 1.165) is 29.7 Å². The molecule has 44 heavy (non-hydrogen) atoms. The first-order chi connectivity index (χ1) is 21.1. The molecule has 0 bridgehead atoms. The third-order valence-corrected chi connectivity index (χ3v) is 10.2. The summed E-state index contributed by atoms with van der Waals surface area (Å²) in [4.78, 5) is 41.7. The van der Waals surface area contributed by atoms with E-state index in [1.165, 1.54) is 6.07 Å². The second-order valence-corrected chi connectivity index (χ2v) is 13.7. The second kappa shape index (κ2) is 13.5. The zero-order chi connectivity index (χ0) is 31.3. The van der Waals surface area contributed by atoms with Crippen LogP contribution in [0.1, 0.15) is 42.0 Å². The fraction of sp³-hybridized carbons (Fsp3) is 0.290. The summed E-state index contributed by atoms with van der Waals surface area (Å²) in [5.41, 5.74) is 2.26. The zero-order valence-electron chi connectivity index (χ0n) is 23.8. The van der Waals surface area contributed by atoms with Gasteiger partial charge in [-0.25, -0.2) is 22.6 Å². The summed E-state index contributed by atoms with van der Waals surface area (Å²) >= 11 is 0.982. The van der Waals surface area contributed by atoms with Crippen molar-refractivity contribution in [3.05, 3.63) is 83.1 Å². The second-order valence-electron chi connectivity index (χ2n) is 10.4. The molecule has 1 saturated carbocycles. The number of halogens is 1. The van der Waals surface area contributed by atoms with Gasteiger partial charge in [0.1, 0.15) is 17.4 Å². The lowest BCUT2D eigenvalue weighted by Gasteiger charge is -2.15. The lowest BCUT2D eigenvalue weighted by molar-refractivity contribution is -0.126. The SMILES string of the molecule is CCCS(=O)(=O)C(C(=O)NCC(=O)NC1CC1)c1nc2cc(F)c(-c3ccc(NC(=O)OCc4ccccc4)cc3)cc2s1. The molecule has 1 aliphatic carbocycles. The first-order valence-electron chi connectivity index (χ1n) is 14.1. The first-order valence-corrected chi connectivity index (χ1v) is 16.6. The van der Waals surface area contributed by atoms with Crippen molar-refractivity contribution in [1.29, 1.82) is 0 Å². The van der Waals surface area contributed by atoms with Gasteiger partial charge in [0.15, 0.2) is 15.1 Å². The number of sulfone groups is 1. The molecule has 3 amide bonds. The predicted molar refractivity (Wildman–Crippen MR) is 166 cm³/mol. The molecule has 1 atom stereocenters. The average Bonchev–Trinajstić information content (AvgIpc) is 3.72. The van der Waals surface area contributed by atoms with E-state index in [2.05, 4.69) is 20.9 Å². The zero-order valence-corrected chi connectivity index (χ0v) is 25.5. The Morgan fingerprint density at radius 3 is 2.48 bits per heavy atom. The van der Waals surface area contributed by atoms with Crippen LogP contribution in [0.2, 0.25) is 0 Å².